The molecule has 1 amide bonds. The molecule has 0 radical (unpaired) electrons. The molecule has 2 nitrogen and oxygen atoms in total. The Morgan fingerprint density at radius 3 is 2.58 bits per heavy atom. The number of carbonyl (C=O) groups is 1. The zero-order chi connectivity index (χ0) is 19.2. The number of nitrogens with one attached hydrogen (secondary N) is 1. The van der Waals surface area contributed by atoms with Crippen LogP contribution in [-0.2, 0) is 11.0 Å². The normalized spacial score (nSPS) is 10.8. The van der Waals surface area contributed by atoms with Gasteiger partial charge in [0.15, 0.2) is 0 Å². The predicted molar refractivity (Wildman–Crippen MR) is 88.4 cm³/mol. The molecular weight excluding hydrogens is 373 g/mol. The maximum absolute atomic E-state index is 13.4. The van der Waals surface area contributed by atoms with Crippen LogP contribution in [0.25, 0.3) is 0 Å². The standard InChI is InChI=1S/C18H12F5NOS/c19-14-6-7-16(15(20)10-14)26-11-17(25)24-8-2-4-12-3-1-5-13(9-12)18(21,22)23/h1,3,5-7,9-10H,8,11H2,(H,24,25). The van der Waals surface area contributed by atoms with Crippen molar-refractivity contribution in [1.29, 1.82) is 0 Å². The summed E-state index contributed by atoms with van der Waals surface area (Å²) >= 11 is 0.896. The van der Waals surface area contributed by atoms with E-state index in [-0.39, 0.29) is 22.8 Å². The lowest BCUT2D eigenvalue weighted by Crippen LogP contribution is -2.25. The number of amides is 1. The Morgan fingerprint density at radius 1 is 1.12 bits per heavy atom. The van der Waals surface area contributed by atoms with Crippen LogP contribution in [-0.4, -0.2) is 18.2 Å². The van der Waals surface area contributed by atoms with Gasteiger partial charge in [0, 0.05) is 16.5 Å². The third kappa shape index (κ3) is 6.08. The van der Waals surface area contributed by atoms with Gasteiger partial charge in [-0.1, -0.05) is 17.9 Å². The van der Waals surface area contributed by atoms with Crippen molar-refractivity contribution in [3.8, 4) is 11.8 Å². The molecule has 0 fully saturated rings. The Morgan fingerprint density at radius 2 is 1.88 bits per heavy atom. The summed E-state index contributed by atoms with van der Waals surface area (Å²) in [4.78, 5) is 11.8. The lowest BCUT2D eigenvalue weighted by Gasteiger charge is -2.05. The number of alkyl halides is 3. The second-order valence-corrected chi connectivity index (χ2v) is 6.04. The average molecular weight is 385 g/mol. The molecular formula is C18H12F5NOS. The van der Waals surface area contributed by atoms with Gasteiger partial charge in [-0.05, 0) is 30.3 Å². The highest BCUT2D eigenvalue weighted by Crippen LogP contribution is 2.29. The van der Waals surface area contributed by atoms with Crippen LogP contribution in [0.5, 0.6) is 0 Å². The molecule has 0 saturated heterocycles. The second kappa shape index (κ2) is 8.72. The SMILES string of the molecule is O=C(CSc1ccc(F)cc1F)NCC#Cc1cccc(C(F)(F)F)c1. The van der Waals surface area contributed by atoms with Gasteiger partial charge in [0.1, 0.15) is 11.6 Å². The largest absolute Gasteiger partial charge is 0.416 e. The monoisotopic (exact) mass is 385 g/mol. The first-order valence-electron chi connectivity index (χ1n) is 7.26. The first-order valence-corrected chi connectivity index (χ1v) is 8.25. The van der Waals surface area contributed by atoms with Gasteiger partial charge in [0.25, 0.3) is 0 Å². The maximum atomic E-state index is 13.4. The fraction of sp³-hybridized carbons (Fsp3) is 0.167. The predicted octanol–water partition coefficient (Wildman–Crippen LogP) is 4.24. The van der Waals surface area contributed by atoms with Gasteiger partial charge in [0.2, 0.25) is 5.91 Å². The van der Waals surface area contributed by atoms with Crippen LogP contribution >= 0.6 is 11.8 Å². The second-order valence-electron chi connectivity index (χ2n) is 5.02. The van der Waals surface area contributed by atoms with E-state index >= 15 is 0 Å². The van der Waals surface area contributed by atoms with Crippen molar-refractivity contribution in [1.82, 2.24) is 5.32 Å². The molecule has 2 rings (SSSR count). The summed E-state index contributed by atoms with van der Waals surface area (Å²) in [6, 6.07) is 7.58. The maximum Gasteiger partial charge on any atom is 0.416 e. The summed E-state index contributed by atoms with van der Waals surface area (Å²) in [6.07, 6.45) is -4.45. The zero-order valence-electron chi connectivity index (χ0n) is 13.2. The summed E-state index contributed by atoms with van der Waals surface area (Å²) < 4.78 is 63.9. The Hall–Kier alpha value is -2.53. The number of hydrogen-bond donors (Lipinski definition) is 1. The van der Waals surface area contributed by atoms with E-state index in [0.29, 0.717) is 0 Å². The molecule has 8 heteroatoms. The molecule has 2 aromatic rings. The van der Waals surface area contributed by atoms with Crippen LogP contribution in [0, 0.1) is 23.5 Å². The molecule has 0 saturated carbocycles. The van der Waals surface area contributed by atoms with Crippen LogP contribution in [0.1, 0.15) is 11.1 Å². The number of benzene rings is 2. The van der Waals surface area contributed by atoms with Crippen molar-refractivity contribution in [2.75, 3.05) is 12.3 Å². The summed E-state index contributed by atoms with van der Waals surface area (Å²) in [7, 11) is 0. The van der Waals surface area contributed by atoms with Crippen LogP contribution in [0.3, 0.4) is 0 Å². The number of carbonyl (C=O) groups excluding carboxylic acids is 1. The summed E-state index contributed by atoms with van der Waals surface area (Å²) in [5.74, 6) is 3.07. The molecule has 0 unspecified atom stereocenters. The number of halogens is 5. The fourth-order valence-electron chi connectivity index (χ4n) is 1.85. The summed E-state index contributed by atoms with van der Waals surface area (Å²) in [6.45, 7) is -0.0679. The third-order valence-electron chi connectivity index (χ3n) is 3.05. The highest BCUT2D eigenvalue weighted by Gasteiger charge is 2.30. The minimum absolute atomic E-state index is 0.0679. The number of hydrogen-bond acceptors (Lipinski definition) is 2. The smallest absolute Gasteiger partial charge is 0.344 e. The molecule has 0 aliphatic heterocycles. The van der Waals surface area contributed by atoms with E-state index in [9.17, 15) is 26.7 Å². The van der Waals surface area contributed by atoms with E-state index in [0.717, 1.165) is 36.0 Å². The van der Waals surface area contributed by atoms with Gasteiger partial charge in [-0.2, -0.15) is 13.2 Å². The molecule has 0 atom stereocenters. The van der Waals surface area contributed by atoms with E-state index < -0.39 is 29.3 Å². The van der Waals surface area contributed by atoms with Crippen molar-refractivity contribution >= 4 is 17.7 Å². The number of thioether (sulfide) groups is 1. The molecule has 0 aliphatic carbocycles. The van der Waals surface area contributed by atoms with Gasteiger partial charge in [-0.3, -0.25) is 4.79 Å². The van der Waals surface area contributed by atoms with Crippen molar-refractivity contribution in [3.05, 3.63) is 65.2 Å². The molecule has 0 aliphatic rings. The van der Waals surface area contributed by atoms with E-state index in [1.54, 1.807) is 0 Å². The van der Waals surface area contributed by atoms with Crippen LogP contribution in [0.4, 0.5) is 22.0 Å². The van der Waals surface area contributed by atoms with Gasteiger partial charge in [-0.25, -0.2) is 8.78 Å². The molecule has 136 valence electrons. The summed E-state index contributed by atoms with van der Waals surface area (Å²) in [5, 5.41) is 2.45. The molecule has 0 heterocycles. The van der Waals surface area contributed by atoms with Crippen molar-refractivity contribution in [2.45, 2.75) is 11.1 Å². The molecule has 26 heavy (non-hydrogen) atoms. The Kier molecular flexibility index (Phi) is 6.64. The molecule has 0 aromatic heterocycles. The van der Waals surface area contributed by atoms with Gasteiger partial charge in [-0.15, -0.1) is 11.8 Å². The minimum atomic E-state index is -4.45. The first-order chi connectivity index (χ1) is 12.3. The Bertz CT molecular complexity index is 855. The van der Waals surface area contributed by atoms with E-state index in [2.05, 4.69) is 17.2 Å². The van der Waals surface area contributed by atoms with Gasteiger partial charge >= 0.3 is 6.18 Å². The number of rotatable bonds is 4. The summed E-state index contributed by atoms with van der Waals surface area (Å²) in [5.41, 5.74) is -0.622. The molecule has 0 bridgehead atoms. The molecule has 0 spiro atoms. The van der Waals surface area contributed by atoms with E-state index in [1.807, 2.05) is 0 Å². The van der Waals surface area contributed by atoms with E-state index in [4.69, 9.17) is 0 Å². The van der Waals surface area contributed by atoms with Crippen LogP contribution in [0.2, 0.25) is 0 Å². The zero-order valence-corrected chi connectivity index (χ0v) is 14.0. The van der Waals surface area contributed by atoms with Gasteiger partial charge in [0.05, 0.1) is 17.9 Å². The average Bonchev–Trinajstić information content (AvgIpc) is 2.57. The van der Waals surface area contributed by atoms with Gasteiger partial charge < -0.3 is 5.32 Å². The third-order valence-corrected chi connectivity index (χ3v) is 4.10. The Labute approximate surface area is 150 Å². The highest BCUT2D eigenvalue weighted by molar-refractivity contribution is 8.00. The quantitative estimate of drug-likeness (QED) is 0.485. The highest BCUT2D eigenvalue weighted by atomic mass is 32.2. The Balaban J connectivity index is 1.83. The molecule has 2 aromatic carbocycles. The van der Waals surface area contributed by atoms with Crippen molar-refractivity contribution < 1.29 is 26.7 Å². The lowest BCUT2D eigenvalue weighted by molar-refractivity contribution is -0.137. The van der Waals surface area contributed by atoms with Crippen molar-refractivity contribution in [2.24, 2.45) is 0 Å². The topological polar surface area (TPSA) is 29.1 Å². The van der Waals surface area contributed by atoms with Crippen LogP contribution < -0.4 is 5.32 Å². The molecule has 1 N–H and O–H groups in total. The van der Waals surface area contributed by atoms with E-state index in [1.165, 1.54) is 18.2 Å². The first kappa shape index (κ1) is 19.8. The van der Waals surface area contributed by atoms with Crippen molar-refractivity contribution in [3.63, 3.8) is 0 Å². The van der Waals surface area contributed by atoms with Crippen LogP contribution in [0.15, 0.2) is 47.4 Å². The minimum Gasteiger partial charge on any atom is -0.344 e. The fourth-order valence-corrected chi connectivity index (χ4v) is 2.60. The lowest BCUT2D eigenvalue weighted by atomic mass is 10.1.